The molecule has 4 heterocycles. The molecule has 4 fully saturated rings. The molecule has 2 bridgehead atoms. The highest BCUT2D eigenvalue weighted by Crippen LogP contribution is 2.59. The number of carbonyl (C=O) groups excluding carboxylic acids is 2. The van der Waals surface area contributed by atoms with E-state index < -0.39 is 18.1 Å². The zero-order valence-electron chi connectivity index (χ0n) is 30.5. The van der Waals surface area contributed by atoms with Crippen molar-refractivity contribution < 1.29 is 23.1 Å². The monoisotopic (exact) mass is 731 g/mol. The largest absolute Gasteiger partial charge is 0.453 e. The third-order valence-corrected chi connectivity index (χ3v) is 12.9. The number of ether oxygens (including phenoxy) is 1. The van der Waals surface area contributed by atoms with E-state index in [0.717, 1.165) is 47.2 Å². The number of rotatable bonds is 7. The van der Waals surface area contributed by atoms with Gasteiger partial charge in [-0.15, -0.1) is 0 Å². The van der Waals surface area contributed by atoms with Gasteiger partial charge < -0.3 is 30.2 Å². The lowest BCUT2D eigenvalue weighted by atomic mass is 9.98. The Labute approximate surface area is 311 Å². The molecule has 1 spiro atoms. The number of hydrogen-bond donors (Lipinski definition) is 4. The van der Waals surface area contributed by atoms with Crippen LogP contribution >= 0.6 is 0 Å². The van der Waals surface area contributed by atoms with Gasteiger partial charge in [0.1, 0.15) is 17.7 Å². The number of likely N-dealkylation sites (tertiary alicyclic amines) is 1. The molecular formula is C42H43F2N7O3. The molecule has 3 aromatic carbocycles. The fraction of sp³-hybridized carbons (Fsp3) is 0.429. The molecule has 12 heteroatoms. The fourth-order valence-corrected chi connectivity index (χ4v) is 9.69. The molecule has 0 radical (unpaired) electrons. The minimum atomic E-state index is -3.20. The molecule has 2 amide bonds. The van der Waals surface area contributed by atoms with Gasteiger partial charge in [0.2, 0.25) is 5.91 Å². The summed E-state index contributed by atoms with van der Waals surface area (Å²) < 4.78 is 37.7. The Morgan fingerprint density at radius 2 is 1.67 bits per heavy atom. The van der Waals surface area contributed by atoms with Gasteiger partial charge in [0.05, 0.1) is 42.1 Å². The maximum Gasteiger partial charge on any atom is 0.407 e. The molecule has 2 aromatic heterocycles. The summed E-state index contributed by atoms with van der Waals surface area (Å²) in [6.45, 7) is 4.35. The number of alkyl halides is 2. The number of benzene rings is 3. The molecule has 2 aliphatic heterocycles. The van der Waals surface area contributed by atoms with Crippen LogP contribution in [0.2, 0.25) is 0 Å². The molecule has 4 unspecified atom stereocenters. The van der Waals surface area contributed by atoms with Gasteiger partial charge in [0.15, 0.2) is 0 Å². The summed E-state index contributed by atoms with van der Waals surface area (Å²) in [6.07, 6.45) is 7.46. The number of nitrogens with one attached hydrogen (secondary N) is 4. The predicted molar refractivity (Wildman–Crippen MR) is 199 cm³/mol. The van der Waals surface area contributed by atoms with Crippen molar-refractivity contribution in [3.63, 3.8) is 0 Å². The van der Waals surface area contributed by atoms with E-state index in [4.69, 9.17) is 14.7 Å². The number of alkyl carbamates (subject to hydrolysis) is 1. The van der Waals surface area contributed by atoms with Gasteiger partial charge in [-0.25, -0.2) is 14.8 Å². The minimum absolute atomic E-state index is 0.0101. The minimum Gasteiger partial charge on any atom is -0.453 e. The first-order valence-corrected chi connectivity index (χ1v) is 19.1. The summed E-state index contributed by atoms with van der Waals surface area (Å²) in [5, 5.41) is 6.41. The zero-order valence-corrected chi connectivity index (χ0v) is 30.5. The lowest BCUT2D eigenvalue weighted by Gasteiger charge is -2.30. The maximum absolute atomic E-state index is 16.4. The van der Waals surface area contributed by atoms with Crippen LogP contribution in [0.5, 0.6) is 0 Å². The van der Waals surface area contributed by atoms with Crippen molar-refractivity contribution in [2.45, 2.75) is 82.5 Å². The van der Waals surface area contributed by atoms with Crippen LogP contribution in [0.3, 0.4) is 0 Å². The Morgan fingerprint density at radius 1 is 0.944 bits per heavy atom. The number of nitrogens with zero attached hydrogens (tertiary/aromatic N) is 3. The summed E-state index contributed by atoms with van der Waals surface area (Å²) in [5.41, 5.74) is 5.58. The lowest BCUT2D eigenvalue weighted by molar-refractivity contribution is -0.135. The summed E-state index contributed by atoms with van der Waals surface area (Å²) >= 11 is 0. The molecule has 2 saturated heterocycles. The average Bonchev–Trinajstić information content (AvgIpc) is 3.83. The highest BCUT2D eigenvalue weighted by molar-refractivity contribution is 5.88. The van der Waals surface area contributed by atoms with Gasteiger partial charge in [0, 0.05) is 29.3 Å². The highest BCUT2D eigenvalue weighted by atomic mass is 19.3. The van der Waals surface area contributed by atoms with E-state index in [9.17, 15) is 9.59 Å². The zero-order chi connectivity index (χ0) is 37.1. The molecule has 10 rings (SSSR count). The van der Waals surface area contributed by atoms with E-state index in [0.29, 0.717) is 46.7 Å². The number of fused-ring (bicyclic) bond motifs is 6. The van der Waals surface area contributed by atoms with Crippen molar-refractivity contribution in [2.24, 2.45) is 17.3 Å². The average molecular weight is 732 g/mol. The van der Waals surface area contributed by atoms with Crippen molar-refractivity contribution >= 4 is 23.0 Å². The quantitative estimate of drug-likeness (QED) is 0.134. The maximum atomic E-state index is 16.4. The lowest BCUT2D eigenvalue weighted by Crippen LogP contribution is -2.51. The third kappa shape index (κ3) is 5.27. The van der Waals surface area contributed by atoms with Gasteiger partial charge in [-0.1, -0.05) is 44.2 Å². The second kappa shape index (κ2) is 11.9. The van der Waals surface area contributed by atoms with E-state index in [1.165, 1.54) is 26.4 Å². The molecule has 2 saturated carbocycles. The topological polar surface area (TPSA) is 128 Å². The molecule has 54 heavy (non-hydrogen) atoms. The SMILES string of the molecule is COC(=O)N[C@H](C(=O)N1CC2(CC2)CC1c1ncc(-c2ccc3c(c2)C(F)(F)c2cc(-c4ccc5nc(C6NC7CCC6C7)[nH]c5c4)ccc2-3)[nH]1)C(C)C. The highest BCUT2D eigenvalue weighted by Gasteiger charge is 2.55. The Hall–Kier alpha value is -5.10. The van der Waals surface area contributed by atoms with Crippen molar-refractivity contribution in [2.75, 3.05) is 13.7 Å². The first-order chi connectivity index (χ1) is 26.0. The first-order valence-electron chi connectivity index (χ1n) is 19.1. The number of methoxy groups -OCH3 is 1. The van der Waals surface area contributed by atoms with Crippen molar-refractivity contribution in [3.05, 3.63) is 83.6 Å². The predicted octanol–water partition coefficient (Wildman–Crippen LogP) is 7.99. The van der Waals surface area contributed by atoms with Crippen LogP contribution in [-0.2, 0) is 15.5 Å². The van der Waals surface area contributed by atoms with E-state index in [-0.39, 0.29) is 40.5 Å². The number of hydrogen-bond acceptors (Lipinski definition) is 6. The van der Waals surface area contributed by atoms with E-state index >= 15 is 8.78 Å². The number of carbonyl (C=O) groups is 2. The number of aromatic amines is 2. The Balaban J connectivity index is 0.914. The van der Waals surface area contributed by atoms with Crippen LogP contribution in [0.4, 0.5) is 13.6 Å². The third-order valence-electron chi connectivity index (χ3n) is 12.9. The smallest absolute Gasteiger partial charge is 0.407 e. The Morgan fingerprint density at radius 3 is 2.35 bits per heavy atom. The number of aromatic nitrogens is 4. The van der Waals surface area contributed by atoms with Gasteiger partial charge in [-0.3, -0.25) is 4.79 Å². The van der Waals surface area contributed by atoms with Crippen LogP contribution in [0.15, 0.2) is 60.8 Å². The van der Waals surface area contributed by atoms with Crippen LogP contribution in [0, 0.1) is 17.3 Å². The second-order valence-electron chi connectivity index (χ2n) is 16.6. The van der Waals surface area contributed by atoms with Crippen LogP contribution in [0.25, 0.3) is 44.5 Å². The normalized spacial score (nSPS) is 24.7. The second-order valence-corrected chi connectivity index (χ2v) is 16.6. The van der Waals surface area contributed by atoms with E-state index in [2.05, 4.69) is 20.6 Å². The molecule has 4 N–H and O–H groups in total. The summed E-state index contributed by atoms with van der Waals surface area (Å²) in [4.78, 5) is 44.3. The molecule has 5 aliphatic rings. The summed E-state index contributed by atoms with van der Waals surface area (Å²) in [5.74, 6) is -1.37. The van der Waals surface area contributed by atoms with Crippen LogP contribution in [-0.4, -0.2) is 62.6 Å². The molecule has 5 atom stereocenters. The van der Waals surface area contributed by atoms with E-state index in [1.807, 2.05) is 49.1 Å². The van der Waals surface area contributed by atoms with Gasteiger partial charge in [-0.05, 0) is 102 Å². The van der Waals surface area contributed by atoms with Crippen molar-refractivity contribution in [3.8, 4) is 33.5 Å². The fourth-order valence-electron chi connectivity index (χ4n) is 9.69. The summed E-state index contributed by atoms with van der Waals surface area (Å²) in [7, 11) is 1.28. The standard InChI is InChI=1S/C42H43F2N7O3/c1-21(2)35(50-40(53)54-3)39(52)51-20-41(12-13-41)18-34(51)37-45-19-33(49-37)24-6-10-28-27-9-5-22(15-29(27)42(43,44)30(28)16-24)23-7-11-31-32(17-23)48-38(47-31)36-25-4-8-26(14-25)46-36/h5-7,9-11,15-17,19,21,25-26,34-36,46H,4,8,12-14,18,20H2,1-3H3,(H,45,49)(H,47,48)(H,50,53)/t25?,26?,34?,35-,36?/m0/s1. The van der Waals surface area contributed by atoms with Crippen molar-refractivity contribution in [1.82, 2.24) is 35.5 Å². The first kappa shape index (κ1) is 33.5. The number of amides is 2. The molecular weight excluding hydrogens is 689 g/mol. The molecule has 3 aliphatic carbocycles. The number of halogens is 2. The number of imidazole rings is 2. The van der Waals surface area contributed by atoms with Gasteiger partial charge >= 0.3 is 6.09 Å². The molecule has 10 nitrogen and oxygen atoms in total. The summed E-state index contributed by atoms with van der Waals surface area (Å²) in [6, 6.07) is 16.2. The van der Waals surface area contributed by atoms with Gasteiger partial charge in [0.25, 0.3) is 5.92 Å². The van der Waals surface area contributed by atoms with Crippen LogP contribution < -0.4 is 10.6 Å². The molecule has 278 valence electrons. The molecule has 5 aromatic rings. The van der Waals surface area contributed by atoms with E-state index in [1.54, 1.807) is 30.5 Å². The Bertz CT molecular complexity index is 2340. The van der Waals surface area contributed by atoms with Crippen LogP contribution in [0.1, 0.15) is 87.2 Å². The van der Waals surface area contributed by atoms with Gasteiger partial charge in [-0.2, -0.15) is 8.78 Å². The number of H-pyrrole nitrogens is 2. The number of piperidine rings is 1. The Kier molecular flexibility index (Phi) is 7.41. The van der Waals surface area contributed by atoms with Crippen molar-refractivity contribution in [1.29, 1.82) is 0 Å².